The molecule has 2 aromatic heterocycles. The fourth-order valence-electron chi connectivity index (χ4n) is 5.86. The Hall–Kier alpha value is -4.51. The van der Waals surface area contributed by atoms with Gasteiger partial charge in [0.1, 0.15) is 22.8 Å². The number of nitrogens with zero attached hydrogens (tertiary/aromatic N) is 2. The number of hydrogen-bond donors (Lipinski definition) is 4. The third-order valence-electron chi connectivity index (χ3n) is 10.00. The molecule has 5 rings (SSSR count). The third-order valence-corrected chi connectivity index (χ3v) is 10.8. The highest BCUT2D eigenvalue weighted by atomic mass is 35.5. The van der Waals surface area contributed by atoms with Crippen molar-refractivity contribution < 1.29 is 14.3 Å². The number of amides is 2. The first kappa shape index (κ1) is 39.7. The van der Waals surface area contributed by atoms with Crippen LogP contribution in [-0.4, -0.2) is 37.9 Å². The summed E-state index contributed by atoms with van der Waals surface area (Å²) < 4.78 is 7.58. The molecule has 0 radical (unpaired) electrons. The number of carbonyl (C=O) groups is 2. The van der Waals surface area contributed by atoms with Crippen molar-refractivity contribution in [2.45, 2.75) is 91.6 Å². The molecule has 2 heterocycles. The number of aromatic nitrogens is 4. The van der Waals surface area contributed by atoms with Gasteiger partial charge in [-0.15, -0.1) is 0 Å². The molecule has 0 fully saturated rings. The molecule has 53 heavy (non-hydrogen) atoms. The predicted molar refractivity (Wildman–Crippen MR) is 215 cm³/mol. The van der Waals surface area contributed by atoms with E-state index in [9.17, 15) is 14.4 Å². The van der Waals surface area contributed by atoms with Crippen LogP contribution >= 0.6 is 34.8 Å². The molecular weight excluding hydrogens is 735 g/mol. The number of aryl methyl sites for hydroxylation is 1. The fraction of sp³-hybridized carbons (Fsp3) is 0.350. The lowest BCUT2D eigenvalue weighted by Gasteiger charge is -2.31. The maximum absolute atomic E-state index is 13.8. The molecule has 3 aromatic carbocycles. The minimum Gasteiger partial charge on any atom is -0.480 e. The average Bonchev–Trinajstić information content (AvgIpc) is 3.67. The smallest absolute Gasteiger partial charge is 0.283 e. The summed E-state index contributed by atoms with van der Waals surface area (Å²) in [5, 5.41) is 16.1. The van der Waals surface area contributed by atoms with Gasteiger partial charge < -0.3 is 15.4 Å². The van der Waals surface area contributed by atoms with Crippen LogP contribution in [0.15, 0.2) is 65.6 Å². The van der Waals surface area contributed by atoms with Gasteiger partial charge in [0.25, 0.3) is 17.4 Å². The summed E-state index contributed by atoms with van der Waals surface area (Å²) in [7, 11) is 0. The molecule has 0 aliphatic heterocycles. The molecule has 0 aliphatic carbocycles. The van der Waals surface area contributed by atoms with E-state index in [1.807, 2.05) is 13.0 Å². The number of H-pyrrole nitrogens is 2. The summed E-state index contributed by atoms with van der Waals surface area (Å²) in [6, 6.07) is 15.7. The van der Waals surface area contributed by atoms with Crippen LogP contribution in [0.25, 0.3) is 16.9 Å². The molecule has 13 heteroatoms. The van der Waals surface area contributed by atoms with Crippen LogP contribution in [-0.2, 0) is 15.6 Å². The molecule has 1 unspecified atom stereocenters. The van der Waals surface area contributed by atoms with Gasteiger partial charge in [-0.2, -0.15) is 5.10 Å². The summed E-state index contributed by atoms with van der Waals surface area (Å²) in [5.41, 5.74) is 3.50. The topological polar surface area (TPSA) is 134 Å². The van der Waals surface area contributed by atoms with Crippen molar-refractivity contribution in [3.8, 4) is 22.7 Å². The van der Waals surface area contributed by atoms with Gasteiger partial charge in [0.05, 0.1) is 21.9 Å². The van der Waals surface area contributed by atoms with Gasteiger partial charge in [-0.25, -0.2) is 4.68 Å². The van der Waals surface area contributed by atoms with E-state index in [0.717, 1.165) is 23.1 Å². The zero-order valence-corrected chi connectivity index (χ0v) is 33.4. The number of ether oxygens (including phenoxy) is 1. The molecule has 10 nitrogen and oxygen atoms in total. The van der Waals surface area contributed by atoms with Crippen LogP contribution in [0.3, 0.4) is 0 Å². The minimum absolute atomic E-state index is 0.00699. The van der Waals surface area contributed by atoms with E-state index in [0.29, 0.717) is 34.1 Å². The monoisotopic (exact) mass is 778 g/mol. The molecule has 0 bridgehead atoms. The van der Waals surface area contributed by atoms with Crippen LogP contribution in [0.5, 0.6) is 5.75 Å². The van der Waals surface area contributed by atoms with Crippen molar-refractivity contribution >= 4 is 58.1 Å². The molecule has 1 atom stereocenters. The Morgan fingerprint density at radius 2 is 1.60 bits per heavy atom. The first-order valence-electron chi connectivity index (χ1n) is 17.5. The maximum atomic E-state index is 13.8. The number of hydrogen-bond acceptors (Lipinski definition) is 5. The van der Waals surface area contributed by atoms with Crippen molar-refractivity contribution in [2.24, 2.45) is 0 Å². The standard InChI is InChI=1S/C40H45Cl3N6O4/c1-9-30(53-31-16-15-24(39(5,6)10-2)18-27(31)40(7,8)11-3)37(51)45-26-14-12-13-23(17-26)36(50)46-35-32(33-22(4)21-44-47-33)38(52)49(48-35)34-28(42)19-25(41)20-29(34)43/h12-21,30,48H,9-11H2,1-8H3,(H,44,47)(H,45,51)(H,46,50). The normalized spacial score (nSPS) is 12.4. The Morgan fingerprint density at radius 3 is 2.21 bits per heavy atom. The van der Waals surface area contributed by atoms with Crippen LogP contribution < -0.4 is 20.9 Å². The van der Waals surface area contributed by atoms with E-state index in [2.05, 4.69) is 79.6 Å². The molecule has 0 aliphatic rings. The number of rotatable bonds is 13. The Kier molecular flexibility index (Phi) is 11.9. The Bertz CT molecular complexity index is 2190. The molecule has 0 spiro atoms. The van der Waals surface area contributed by atoms with Crippen molar-refractivity contribution in [3.05, 3.63) is 108 Å². The molecule has 280 valence electrons. The number of benzene rings is 3. The Balaban J connectivity index is 1.41. The van der Waals surface area contributed by atoms with Gasteiger partial charge in [0, 0.05) is 21.8 Å². The van der Waals surface area contributed by atoms with Crippen molar-refractivity contribution in [3.63, 3.8) is 0 Å². The van der Waals surface area contributed by atoms with Crippen molar-refractivity contribution in [2.75, 3.05) is 10.6 Å². The van der Waals surface area contributed by atoms with Gasteiger partial charge in [-0.05, 0) is 84.5 Å². The second-order valence-corrected chi connectivity index (χ2v) is 15.6. The third kappa shape index (κ3) is 8.35. The highest BCUT2D eigenvalue weighted by Gasteiger charge is 2.29. The highest BCUT2D eigenvalue weighted by Crippen LogP contribution is 2.39. The summed E-state index contributed by atoms with van der Waals surface area (Å²) in [5.74, 6) is -0.153. The van der Waals surface area contributed by atoms with E-state index < -0.39 is 17.6 Å². The predicted octanol–water partition coefficient (Wildman–Crippen LogP) is 10.2. The molecule has 4 N–H and O–H groups in total. The zero-order chi connectivity index (χ0) is 38.8. The number of aromatic amines is 2. The summed E-state index contributed by atoms with van der Waals surface area (Å²) in [6.45, 7) is 16.8. The van der Waals surface area contributed by atoms with Crippen LogP contribution in [0.1, 0.15) is 94.8 Å². The minimum atomic E-state index is -0.791. The van der Waals surface area contributed by atoms with E-state index in [1.54, 1.807) is 37.4 Å². The molecule has 0 saturated heterocycles. The molecule has 5 aromatic rings. The second kappa shape index (κ2) is 15.8. The van der Waals surface area contributed by atoms with E-state index in [4.69, 9.17) is 39.5 Å². The van der Waals surface area contributed by atoms with Crippen molar-refractivity contribution in [1.82, 2.24) is 20.0 Å². The summed E-state index contributed by atoms with van der Waals surface area (Å²) in [6.07, 6.45) is 3.07. The lowest BCUT2D eigenvalue weighted by molar-refractivity contribution is -0.122. The Morgan fingerprint density at radius 1 is 0.925 bits per heavy atom. The number of nitrogens with one attached hydrogen (secondary N) is 4. The number of carbonyl (C=O) groups excluding carboxylic acids is 2. The van der Waals surface area contributed by atoms with E-state index in [-0.39, 0.29) is 49.4 Å². The maximum Gasteiger partial charge on any atom is 0.283 e. The van der Waals surface area contributed by atoms with Crippen molar-refractivity contribution in [1.29, 1.82) is 0 Å². The first-order valence-corrected chi connectivity index (χ1v) is 18.7. The van der Waals surface area contributed by atoms with Crippen LogP contribution in [0.2, 0.25) is 15.1 Å². The number of anilines is 2. The van der Waals surface area contributed by atoms with Gasteiger partial charge in [0.15, 0.2) is 6.10 Å². The van der Waals surface area contributed by atoms with Crippen LogP contribution in [0.4, 0.5) is 11.5 Å². The summed E-state index contributed by atoms with van der Waals surface area (Å²) >= 11 is 19.0. The van der Waals surface area contributed by atoms with Gasteiger partial charge in [-0.3, -0.25) is 24.6 Å². The lowest BCUT2D eigenvalue weighted by atomic mass is 9.76. The fourth-order valence-corrected chi connectivity index (χ4v) is 6.85. The molecule has 2 amide bonds. The average molecular weight is 780 g/mol. The SMILES string of the molecule is CCC(Oc1ccc(C(C)(C)CC)cc1C(C)(C)CC)C(=O)Nc1cccc(C(=O)Nc2[nH]n(-c3c(Cl)cc(Cl)cc3Cl)c(=O)c2-c2[nH]ncc2C)c1. The molecule has 0 saturated carbocycles. The van der Waals surface area contributed by atoms with Crippen LogP contribution in [0, 0.1) is 6.92 Å². The molecular formula is C40H45Cl3N6O4. The first-order chi connectivity index (χ1) is 25.0. The summed E-state index contributed by atoms with van der Waals surface area (Å²) in [4.78, 5) is 41.2. The lowest BCUT2D eigenvalue weighted by Crippen LogP contribution is -2.33. The van der Waals surface area contributed by atoms with E-state index >= 15 is 0 Å². The van der Waals surface area contributed by atoms with Gasteiger partial charge in [-0.1, -0.05) is 101 Å². The largest absolute Gasteiger partial charge is 0.480 e. The zero-order valence-electron chi connectivity index (χ0n) is 31.1. The Labute approximate surface area is 324 Å². The van der Waals surface area contributed by atoms with Gasteiger partial charge >= 0.3 is 0 Å². The quantitative estimate of drug-likeness (QED) is 0.0944. The van der Waals surface area contributed by atoms with Gasteiger partial charge in [0.2, 0.25) is 0 Å². The second-order valence-electron chi connectivity index (χ2n) is 14.4. The van der Waals surface area contributed by atoms with E-state index in [1.165, 1.54) is 17.7 Å². The number of halogens is 3. The highest BCUT2D eigenvalue weighted by molar-refractivity contribution is 6.40.